The second-order valence-electron chi connectivity index (χ2n) is 6.84. The van der Waals surface area contributed by atoms with Crippen molar-refractivity contribution in [2.75, 3.05) is 0 Å². The lowest BCUT2D eigenvalue weighted by Crippen LogP contribution is -2.34. The summed E-state index contributed by atoms with van der Waals surface area (Å²) in [4.78, 5) is 4.42. The first-order valence-corrected chi connectivity index (χ1v) is 8.33. The van der Waals surface area contributed by atoms with Crippen molar-refractivity contribution in [1.29, 1.82) is 0 Å². The van der Waals surface area contributed by atoms with Crippen LogP contribution in [0.4, 0.5) is 0 Å². The average Bonchev–Trinajstić information content (AvgIpc) is 3.14. The first-order valence-electron chi connectivity index (χ1n) is 8.33. The van der Waals surface area contributed by atoms with E-state index in [1.54, 1.807) is 0 Å². The van der Waals surface area contributed by atoms with Crippen molar-refractivity contribution in [1.82, 2.24) is 10.1 Å². The van der Waals surface area contributed by atoms with Gasteiger partial charge in [0.15, 0.2) is 12.4 Å². The van der Waals surface area contributed by atoms with Crippen molar-refractivity contribution in [2.45, 2.75) is 64.5 Å². The van der Waals surface area contributed by atoms with Crippen LogP contribution in [-0.2, 0) is 12.1 Å². The van der Waals surface area contributed by atoms with Crippen molar-refractivity contribution in [3.05, 3.63) is 41.0 Å². The van der Waals surface area contributed by atoms with Crippen molar-refractivity contribution in [3.63, 3.8) is 0 Å². The van der Waals surface area contributed by atoms with Crippen LogP contribution in [0.5, 0.6) is 5.75 Å². The van der Waals surface area contributed by atoms with E-state index in [1.165, 1.54) is 11.1 Å². The minimum atomic E-state index is -0.419. The zero-order valence-electron chi connectivity index (χ0n) is 14.1. The summed E-state index contributed by atoms with van der Waals surface area (Å²) in [5.74, 6) is 2.41. The highest BCUT2D eigenvalue weighted by Gasteiger charge is 2.35. The second-order valence-corrected chi connectivity index (χ2v) is 6.84. The van der Waals surface area contributed by atoms with Crippen LogP contribution in [0.3, 0.4) is 0 Å². The molecule has 0 saturated heterocycles. The summed E-state index contributed by atoms with van der Waals surface area (Å²) in [6.45, 7) is 6.75. The molecule has 0 bridgehead atoms. The van der Waals surface area contributed by atoms with Gasteiger partial charge >= 0.3 is 0 Å². The van der Waals surface area contributed by atoms with Gasteiger partial charge in [0.05, 0.1) is 5.54 Å². The molecule has 0 radical (unpaired) electrons. The van der Waals surface area contributed by atoms with E-state index in [0.717, 1.165) is 31.4 Å². The molecular formula is C18H25N3O2. The Bertz CT molecular complexity index is 673. The molecule has 1 aromatic heterocycles. The van der Waals surface area contributed by atoms with Gasteiger partial charge in [-0.05, 0) is 48.9 Å². The molecule has 5 heteroatoms. The first kappa shape index (κ1) is 16.0. The van der Waals surface area contributed by atoms with E-state index in [9.17, 15) is 0 Å². The molecule has 2 aromatic rings. The van der Waals surface area contributed by atoms with Gasteiger partial charge in [-0.3, -0.25) is 0 Å². The van der Waals surface area contributed by atoms with Gasteiger partial charge in [0.2, 0.25) is 0 Å². The highest BCUT2D eigenvalue weighted by Crippen LogP contribution is 2.34. The van der Waals surface area contributed by atoms with Crippen LogP contribution in [0.25, 0.3) is 0 Å². The Labute approximate surface area is 137 Å². The Hall–Kier alpha value is -1.88. The molecule has 0 atom stereocenters. The molecule has 0 spiro atoms. The lowest BCUT2D eigenvalue weighted by Gasteiger charge is -2.17. The van der Waals surface area contributed by atoms with Crippen LogP contribution < -0.4 is 10.5 Å². The number of ether oxygens (including phenoxy) is 1. The predicted octanol–water partition coefficient (Wildman–Crippen LogP) is 3.81. The molecule has 1 aliphatic carbocycles. The zero-order chi connectivity index (χ0) is 16.4. The third kappa shape index (κ3) is 3.39. The third-order valence-corrected chi connectivity index (χ3v) is 4.63. The fourth-order valence-electron chi connectivity index (χ4n) is 3.28. The maximum absolute atomic E-state index is 6.34. The van der Waals surface area contributed by atoms with Gasteiger partial charge in [-0.1, -0.05) is 37.9 Å². The van der Waals surface area contributed by atoms with Crippen molar-refractivity contribution < 1.29 is 9.26 Å². The average molecular weight is 315 g/mol. The lowest BCUT2D eigenvalue weighted by molar-refractivity contribution is 0.241. The quantitative estimate of drug-likeness (QED) is 0.908. The molecule has 1 aromatic carbocycles. The number of aromatic nitrogens is 2. The molecule has 0 unspecified atom stereocenters. The van der Waals surface area contributed by atoms with E-state index in [1.807, 2.05) is 12.1 Å². The summed E-state index contributed by atoms with van der Waals surface area (Å²) >= 11 is 0. The van der Waals surface area contributed by atoms with Crippen molar-refractivity contribution in [3.8, 4) is 5.75 Å². The van der Waals surface area contributed by atoms with Gasteiger partial charge in [0, 0.05) is 0 Å². The van der Waals surface area contributed by atoms with E-state index in [4.69, 9.17) is 15.0 Å². The van der Waals surface area contributed by atoms with Gasteiger partial charge in [0.25, 0.3) is 5.89 Å². The van der Waals surface area contributed by atoms with Crippen LogP contribution in [0, 0.1) is 6.92 Å². The maximum Gasteiger partial charge on any atom is 0.264 e. The summed E-state index contributed by atoms with van der Waals surface area (Å²) in [7, 11) is 0. The highest BCUT2D eigenvalue weighted by molar-refractivity contribution is 5.36. The molecule has 124 valence electrons. The van der Waals surface area contributed by atoms with Crippen LogP contribution >= 0.6 is 0 Å². The van der Waals surface area contributed by atoms with Crippen molar-refractivity contribution in [2.24, 2.45) is 5.73 Å². The number of hydrogen-bond acceptors (Lipinski definition) is 5. The molecular weight excluding hydrogens is 290 g/mol. The van der Waals surface area contributed by atoms with Gasteiger partial charge in [-0.2, -0.15) is 4.98 Å². The number of nitrogens with zero attached hydrogens (tertiary/aromatic N) is 2. The Morgan fingerprint density at radius 1 is 1.30 bits per heavy atom. The molecule has 23 heavy (non-hydrogen) atoms. The summed E-state index contributed by atoms with van der Waals surface area (Å²) in [5.41, 5.74) is 8.49. The Balaban J connectivity index is 1.65. The summed E-state index contributed by atoms with van der Waals surface area (Å²) in [5, 5.41) is 4.05. The molecule has 5 nitrogen and oxygen atoms in total. The second kappa shape index (κ2) is 6.32. The Morgan fingerprint density at radius 2 is 2.04 bits per heavy atom. The van der Waals surface area contributed by atoms with E-state index in [0.29, 0.717) is 17.6 Å². The lowest BCUT2D eigenvalue weighted by atomic mass is 9.98. The normalized spacial score (nSPS) is 16.9. The van der Waals surface area contributed by atoms with Crippen LogP contribution in [0.2, 0.25) is 0 Å². The van der Waals surface area contributed by atoms with Crippen LogP contribution in [-0.4, -0.2) is 10.1 Å². The number of nitrogens with two attached hydrogens (primary N) is 1. The van der Waals surface area contributed by atoms with Crippen molar-refractivity contribution >= 4 is 0 Å². The molecule has 0 aliphatic heterocycles. The molecule has 1 saturated carbocycles. The minimum absolute atomic E-state index is 0.267. The number of aryl methyl sites for hydroxylation is 1. The van der Waals surface area contributed by atoms with E-state index >= 15 is 0 Å². The maximum atomic E-state index is 6.34. The largest absolute Gasteiger partial charge is 0.484 e. The van der Waals surface area contributed by atoms with E-state index in [-0.39, 0.29) is 6.61 Å². The molecule has 1 heterocycles. The Morgan fingerprint density at radius 3 is 2.70 bits per heavy atom. The monoisotopic (exact) mass is 315 g/mol. The first-order chi connectivity index (χ1) is 11.0. The van der Waals surface area contributed by atoms with E-state index in [2.05, 4.69) is 37.0 Å². The number of hydrogen-bond donors (Lipinski definition) is 1. The zero-order valence-corrected chi connectivity index (χ0v) is 14.1. The number of benzene rings is 1. The molecule has 3 rings (SSSR count). The minimum Gasteiger partial charge on any atom is -0.484 e. The summed E-state index contributed by atoms with van der Waals surface area (Å²) < 4.78 is 11.1. The smallest absolute Gasteiger partial charge is 0.264 e. The topological polar surface area (TPSA) is 74.2 Å². The predicted molar refractivity (Wildman–Crippen MR) is 88.2 cm³/mol. The van der Waals surface area contributed by atoms with Gasteiger partial charge in [0.1, 0.15) is 5.75 Å². The van der Waals surface area contributed by atoms with Crippen LogP contribution in [0.15, 0.2) is 22.7 Å². The third-order valence-electron chi connectivity index (χ3n) is 4.63. The van der Waals surface area contributed by atoms with E-state index < -0.39 is 5.54 Å². The molecule has 1 aliphatic rings. The van der Waals surface area contributed by atoms with Gasteiger partial charge < -0.3 is 15.0 Å². The Kier molecular flexibility index (Phi) is 4.39. The SMILES string of the molecule is Cc1cc(OCc2nc(C3(N)CCCC3)no2)ccc1C(C)C. The highest BCUT2D eigenvalue weighted by atomic mass is 16.5. The summed E-state index contributed by atoms with van der Waals surface area (Å²) in [6.07, 6.45) is 4.09. The number of rotatable bonds is 5. The summed E-state index contributed by atoms with van der Waals surface area (Å²) in [6, 6.07) is 6.15. The fraction of sp³-hybridized carbons (Fsp3) is 0.556. The fourth-order valence-corrected chi connectivity index (χ4v) is 3.28. The molecule has 2 N–H and O–H groups in total. The van der Waals surface area contributed by atoms with Gasteiger partial charge in [-0.25, -0.2) is 0 Å². The molecule has 1 fully saturated rings. The standard InChI is InChI=1S/C18H25N3O2/c1-12(2)15-7-6-14(10-13(15)3)22-11-16-20-17(21-23-16)18(19)8-4-5-9-18/h6-7,10,12H,4-5,8-9,11,19H2,1-3H3. The molecule has 0 amide bonds. The van der Waals surface area contributed by atoms with Gasteiger partial charge in [-0.15, -0.1) is 0 Å². The van der Waals surface area contributed by atoms with Crippen LogP contribution in [0.1, 0.15) is 68.3 Å².